The van der Waals surface area contributed by atoms with E-state index in [1.807, 2.05) is 0 Å². The molecule has 0 unspecified atom stereocenters. The van der Waals surface area contributed by atoms with Gasteiger partial charge in [0.1, 0.15) is 11.4 Å². The summed E-state index contributed by atoms with van der Waals surface area (Å²) in [5.74, 6) is 2.24. The number of aromatic nitrogens is 2. The highest BCUT2D eigenvalue weighted by atomic mass is 35.5. The number of nitrogens with zero attached hydrogens (tertiary/aromatic N) is 2. The topological polar surface area (TPSA) is 93.3 Å². The number of nitrogens with two attached hydrogens (primary N) is 1. The summed E-state index contributed by atoms with van der Waals surface area (Å²) >= 11 is 5.87. The first-order valence-electron chi connectivity index (χ1n) is 7.10. The Kier molecular flexibility index (Phi) is 4.31. The minimum Gasteiger partial charge on any atom is -0.451 e. The van der Waals surface area contributed by atoms with E-state index in [4.69, 9.17) is 22.1 Å². The monoisotopic (exact) mass is 320 g/mol. The lowest BCUT2D eigenvalue weighted by atomic mass is 10.3. The van der Waals surface area contributed by atoms with E-state index in [0.717, 1.165) is 6.54 Å². The summed E-state index contributed by atoms with van der Waals surface area (Å²) in [6, 6.07) is 6.94. The van der Waals surface area contributed by atoms with Crippen molar-refractivity contribution in [1.82, 2.24) is 9.97 Å². The molecule has 0 aliphatic heterocycles. The van der Waals surface area contributed by atoms with E-state index in [0.29, 0.717) is 34.0 Å². The molecule has 1 saturated carbocycles. The molecule has 1 fully saturated rings. The van der Waals surface area contributed by atoms with Gasteiger partial charge in [-0.1, -0.05) is 11.6 Å². The van der Waals surface area contributed by atoms with Crippen LogP contribution in [0.3, 0.4) is 0 Å². The number of rotatable bonds is 6. The Hall–Kier alpha value is -2.05. The van der Waals surface area contributed by atoms with E-state index in [9.17, 15) is 5.11 Å². The van der Waals surface area contributed by atoms with Crippen LogP contribution in [0.5, 0.6) is 11.5 Å². The first-order valence-corrected chi connectivity index (χ1v) is 7.48. The number of aliphatic hydroxyl groups is 1. The Balaban J connectivity index is 1.89. The maximum atomic E-state index is 9.50. The molecule has 4 N–H and O–H groups in total. The van der Waals surface area contributed by atoms with Crippen LogP contribution >= 0.6 is 11.6 Å². The van der Waals surface area contributed by atoms with Gasteiger partial charge in [-0.2, -0.15) is 4.98 Å². The van der Waals surface area contributed by atoms with Gasteiger partial charge in [0.2, 0.25) is 5.95 Å². The largest absolute Gasteiger partial charge is 0.451 e. The molecule has 1 heterocycles. The van der Waals surface area contributed by atoms with Gasteiger partial charge >= 0.3 is 0 Å². The predicted molar refractivity (Wildman–Crippen MR) is 85.1 cm³/mol. The van der Waals surface area contributed by atoms with E-state index in [1.165, 1.54) is 12.8 Å². The molecule has 6 nitrogen and oxygen atoms in total. The Morgan fingerprint density at radius 3 is 2.64 bits per heavy atom. The van der Waals surface area contributed by atoms with Gasteiger partial charge in [-0.3, -0.25) is 0 Å². The third kappa shape index (κ3) is 3.58. The second-order valence-corrected chi connectivity index (χ2v) is 5.68. The van der Waals surface area contributed by atoms with Crippen LogP contribution in [-0.4, -0.2) is 21.6 Å². The zero-order valence-electron chi connectivity index (χ0n) is 11.9. The molecule has 3 rings (SSSR count). The highest BCUT2D eigenvalue weighted by Gasteiger charge is 2.23. The summed E-state index contributed by atoms with van der Waals surface area (Å²) in [6.07, 6.45) is 2.43. The fraction of sp³-hybridized carbons (Fsp3) is 0.333. The fourth-order valence-corrected chi connectivity index (χ4v) is 2.16. The number of halogens is 1. The maximum Gasteiger partial charge on any atom is 0.222 e. The average Bonchev–Trinajstić information content (AvgIpc) is 3.33. The van der Waals surface area contributed by atoms with Crippen molar-refractivity contribution in [2.24, 2.45) is 5.92 Å². The highest BCUT2D eigenvalue weighted by Crippen LogP contribution is 2.34. The molecule has 0 radical (unpaired) electrons. The second-order valence-electron chi connectivity index (χ2n) is 5.24. The molecule has 0 bridgehead atoms. The van der Waals surface area contributed by atoms with E-state index >= 15 is 0 Å². The lowest BCUT2D eigenvalue weighted by molar-refractivity contribution is 0.271. The number of hydrogen-bond acceptors (Lipinski definition) is 6. The highest BCUT2D eigenvalue weighted by molar-refractivity contribution is 6.30. The van der Waals surface area contributed by atoms with Crippen LogP contribution in [0, 0.1) is 5.92 Å². The summed E-state index contributed by atoms with van der Waals surface area (Å²) in [5, 5.41) is 13.4. The standard InChI is InChI=1S/C15H17ClN4O2/c16-10-3-5-11(6-4-10)22-13-12(8-21)19-15(17)20-14(13)18-7-9-1-2-9/h3-6,9,21H,1-2,7-8H2,(H3,17,18,19,20). The van der Waals surface area contributed by atoms with Crippen molar-refractivity contribution in [3.63, 3.8) is 0 Å². The number of benzene rings is 1. The van der Waals surface area contributed by atoms with Crippen LogP contribution in [0.2, 0.25) is 5.02 Å². The Morgan fingerprint density at radius 1 is 1.27 bits per heavy atom. The number of anilines is 2. The Bertz CT molecular complexity index is 659. The third-order valence-electron chi connectivity index (χ3n) is 3.39. The molecule has 1 aliphatic carbocycles. The second kappa shape index (κ2) is 6.37. The first-order chi connectivity index (χ1) is 10.7. The summed E-state index contributed by atoms with van der Waals surface area (Å²) < 4.78 is 5.83. The minimum atomic E-state index is -0.284. The summed E-state index contributed by atoms with van der Waals surface area (Å²) in [6.45, 7) is 0.520. The predicted octanol–water partition coefficient (Wildman–Crippen LogP) is 2.82. The van der Waals surface area contributed by atoms with E-state index < -0.39 is 0 Å². The molecule has 7 heteroatoms. The zero-order valence-corrected chi connectivity index (χ0v) is 12.7. The van der Waals surface area contributed by atoms with E-state index in [2.05, 4.69) is 15.3 Å². The molecule has 1 aromatic heterocycles. The zero-order chi connectivity index (χ0) is 15.5. The number of ether oxygens (including phenoxy) is 1. The van der Waals surface area contributed by atoms with Gasteiger partial charge in [-0.05, 0) is 43.0 Å². The molecule has 2 aromatic rings. The SMILES string of the molecule is Nc1nc(CO)c(Oc2ccc(Cl)cc2)c(NCC2CC2)n1. The van der Waals surface area contributed by atoms with Crippen molar-refractivity contribution >= 4 is 23.4 Å². The number of aliphatic hydroxyl groups excluding tert-OH is 1. The van der Waals surface area contributed by atoms with Crippen LogP contribution < -0.4 is 15.8 Å². The lowest BCUT2D eigenvalue weighted by Gasteiger charge is -2.15. The van der Waals surface area contributed by atoms with Gasteiger partial charge in [0.25, 0.3) is 0 Å². The van der Waals surface area contributed by atoms with Crippen LogP contribution in [0.15, 0.2) is 24.3 Å². The van der Waals surface area contributed by atoms with Crippen molar-refractivity contribution < 1.29 is 9.84 Å². The van der Waals surface area contributed by atoms with Crippen LogP contribution in [0.4, 0.5) is 11.8 Å². The van der Waals surface area contributed by atoms with Crippen molar-refractivity contribution in [3.05, 3.63) is 35.0 Å². The van der Waals surface area contributed by atoms with Gasteiger partial charge in [0, 0.05) is 11.6 Å². The van der Waals surface area contributed by atoms with Crippen molar-refractivity contribution in [2.75, 3.05) is 17.6 Å². The van der Waals surface area contributed by atoms with E-state index in [-0.39, 0.29) is 12.6 Å². The molecule has 0 amide bonds. The normalized spacial score (nSPS) is 13.9. The lowest BCUT2D eigenvalue weighted by Crippen LogP contribution is -2.11. The Labute approximate surface area is 133 Å². The smallest absolute Gasteiger partial charge is 0.222 e. The summed E-state index contributed by atoms with van der Waals surface area (Å²) in [4.78, 5) is 8.22. The Morgan fingerprint density at radius 2 is 2.00 bits per heavy atom. The van der Waals surface area contributed by atoms with Gasteiger partial charge in [0.15, 0.2) is 11.6 Å². The van der Waals surface area contributed by atoms with Crippen LogP contribution in [0.1, 0.15) is 18.5 Å². The van der Waals surface area contributed by atoms with Crippen LogP contribution in [-0.2, 0) is 6.61 Å². The van der Waals surface area contributed by atoms with Crippen LogP contribution in [0.25, 0.3) is 0 Å². The van der Waals surface area contributed by atoms with Gasteiger partial charge in [-0.25, -0.2) is 4.98 Å². The third-order valence-corrected chi connectivity index (χ3v) is 3.64. The van der Waals surface area contributed by atoms with E-state index in [1.54, 1.807) is 24.3 Å². The van der Waals surface area contributed by atoms with Crippen molar-refractivity contribution in [2.45, 2.75) is 19.4 Å². The van der Waals surface area contributed by atoms with Crippen molar-refractivity contribution in [1.29, 1.82) is 0 Å². The minimum absolute atomic E-state index is 0.103. The van der Waals surface area contributed by atoms with Gasteiger partial charge in [0.05, 0.1) is 6.61 Å². The molecule has 22 heavy (non-hydrogen) atoms. The molecule has 1 aliphatic rings. The maximum absolute atomic E-state index is 9.50. The fourth-order valence-electron chi connectivity index (χ4n) is 2.03. The van der Waals surface area contributed by atoms with Gasteiger partial charge in [-0.15, -0.1) is 0 Å². The van der Waals surface area contributed by atoms with Crippen molar-refractivity contribution in [3.8, 4) is 11.5 Å². The molecule has 0 atom stereocenters. The summed E-state index contributed by atoms with van der Waals surface area (Å²) in [7, 11) is 0. The average molecular weight is 321 g/mol. The quantitative estimate of drug-likeness (QED) is 0.758. The first kappa shape index (κ1) is 14.9. The number of nitrogens with one attached hydrogen (secondary N) is 1. The molecule has 1 aromatic carbocycles. The number of hydrogen-bond donors (Lipinski definition) is 3. The molecular weight excluding hydrogens is 304 g/mol. The summed E-state index contributed by atoms with van der Waals surface area (Å²) in [5.41, 5.74) is 6.04. The molecular formula is C15H17ClN4O2. The number of nitrogen functional groups attached to an aromatic ring is 1. The molecule has 0 spiro atoms. The molecule has 116 valence electrons. The van der Waals surface area contributed by atoms with Gasteiger partial charge < -0.3 is 20.9 Å². The molecule has 0 saturated heterocycles.